The maximum atomic E-state index is 12.1. The van der Waals surface area contributed by atoms with Crippen LogP contribution in [0.5, 0.6) is 0 Å². The number of amides is 1. The Morgan fingerprint density at radius 1 is 1.47 bits per heavy atom. The maximum absolute atomic E-state index is 12.1. The first kappa shape index (κ1) is 12.9. The van der Waals surface area contributed by atoms with Gasteiger partial charge in [-0.05, 0) is 37.5 Å². The Morgan fingerprint density at radius 3 is 2.88 bits per heavy atom. The molecular weight excluding hydrogens is 302 g/mol. The standard InChI is InChI=1S/C13H15BrClNO/c1-8-5-6-9(15)7-10(8)13(17)16-12-4-2-3-11(12)14/h5-7,11-12H,2-4H2,1H3,(H,16,17). The quantitative estimate of drug-likeness (QED) is 0.828. The van der Waals surface area contributed by atoms with Crippen LogP contribution in [0.2, 0.25) is 5.02 Å². The van der Waals surface area contributed by atoms with Gasteiger partial charge in [-0.25, -0.2) is 0 Å². The van der Waals surface area contributed by atoms with E-state index in [1.54, 1.807) is 12.1 Å². The molecule has 2 unspecified atom stereocenters. The molecule has 2 rings (SSSR count). The highest BCUT2D eigenvalue weighted by atomic mass is 79.9. The van der Waals surface area contributed by atoms with Gasteiger partial charge in [0, 0.05) is 21.5 Å². The molecule has 0 bridgehead atoms. The Labute approximate surface area is 115 Å². The summed E-state index contributed by atoms with van der Waals surface area (Å²) in [6, 6.07) is 5.64. The highest BCUT2D eigenvalue weighted by Crippen LogP contribution is 2.26. The lowest BCUT2D eigenvalue weighted by Gasteiger charge is -2.17. The molecule has 2 nitrogen and oxygen atoms in total. The second kappa shape index (κ2) is 5.40. The van der Waals surface area contributed by atoms with E-state index in [-0.39, 0.29) is 11.9 Å². The van der Waals surface area contributed by atoms with Crippen LogP contribution in [0.4, 0.5) is 0 Å². The van der Waals surface area contributed by atoms with Gasteiger partial charge < -0.3 is 5.32 Å². The number of halogens is 2. The number of carbonyl (C=O) groups is 1. The van der Waals surface area contributed by atoms with Crippen molar-refractivity contribution in [3.63, 3.8) is 0 Å². The van der Waals surface area contributed by atoms with Crippen LogP contribution >= 0.6 is 27.5 Å². The summed E-state index contributed by atoms with van der Waals surface area (Å²) in [5.74, 6) is -0.0265. The van der Waals surface area contributed by atoms with Crippen LogP contribution in [0.3, 0.4) is 0 Å². The number of hydrogen-bond acceptors (Lipinski definition) is 1. The molecule has 17 heavy (non-hydrogen) atoms. The fourth-order valence-corrected chi connectivity index (χ4v) is 3.05. The van der Waals surface area contributed by atoms with Crippen LogP contribution in [0, 0.1) is 6.92 Å². The lowest BCUT2D eigenvalue weighted by molar-refractivity contribution is 0.0938. The number of nitrogens with one attached hydrogen (secondary N) is 1. The van der Waals surface area contributed by atoms with E-state index in [1.165, 1.54) is 0 Å². The molecule has 0 saturated heterocycles. The number of rotatable bonds is 2. The van der Waals surface area contributed by atoms with Crippen molar-refractivity contribution in [2.45, 2.75) is 37.1 Å². The van der Waals surface area contributed by atoms with Crippen molar-refractivity contribution in [3.05, 3.63) is 34.3 Å². The summed E-state index contributed by atoms with van der Waals surface area (Å²) in [6.07, 6.45) is 3.33. The summed E-state index contributed by atoms with van der Waals surface area (Å²) >= 11 is 9.51. The summed E-state index contributed by atoms with van der Waals surface area (Å²) < 4.78 is 0. The summed E-state index contributed by atoms with van der Waals surface area (Å²) in [6.45, 7) is 1.92. The average molecular weight is 317 g/mol. The number of benzene rings is 1. The first-order valence-corrected chi connectivity index (χ1v) is 7.08. The van der Waals surface area contributed by atoms with E-state index in [9.17, 15) is 4.79 Å². The van der Waals surface area contributed by atoms with Crippen LogP contribution < -0.4 is 5.32 Å². The van der Waals surface area contributed by atoms with Crippen molar-refractivity contribution in [2.24, 2.45) is 0 Å². The van der Waals surface area contributed by atoms with E-state index < -0.39 is 0 Å². The fraction of sp³-hybridized carbons (Fsp3) is 0.462. The minimum Gasteiger partial charge on any atom is -0.348 e. The van der Waals surface area contributed by atoms with E-state index in [2.05, 4.69) is 21.2 Å². The molecule has 0 spiro atoms. The second-order valence-corrected chi connectivity index (χ2v) is 6.10. The summed E-state index contributed by atoms with van der Waals surface area (Å²) in [5, 5.41) is 3.67. The van der Waals surface area contributed by atoms with E-state index in [4.69, 9.17) is 11.6 Å². The van der Waals surface area contributed by atoms with Crippen molar-refractivity contribution in [1.82, 2.24) is 5.32 Å². The van der Waals surface area contributed by atoms with Gasteiger partial charge in [-0.2, -0.15) is 0 Å². The molecule has 1 aromatic carbocycles. The van der Waals surface area contributed by atoms with Gasteiger partial charge in [0.15, 0.2) is 0 Å². The van der Waals surface area contributed by atoms with Gasteiger partial charge in [0.1, 0.15) is 0 Å². The first-order valence-electron chi connectivity index (χ1n) is 5.79. The Morgan fingerprint density at radius 2 is 2.24 bits per heavy atom. The van der Waals surface area contributed by atoms with E-state index >= 15 is 0 Å². The predicted molar refractivity (Wildman–Crippen MR) is 74.0 cm³/mol. The Kier molecular flexibility index (Phi) is 4.10. The predicted octanol–water partition coefficient (Wildman–Crippen LogP) is 3.69. The van der Waals surface area contributed by atoms with Crippen LogP contribution in [0.15, 0.2) is 18.2 Å². The number of alkyl halides is 1. The third-order valence-corrected chi connectivity index (χ3v) is 4.52. The molecule has 2 atom stereocenters. The average Bonchev–Trinajstić information content (AvgIpc) is 2.68. The molecule has 1 aromatic rings. The molecule has 1 aliphatic carbocycles. The lowest BCUT2D eigenvalue weighted by atomic mass is 10.1. The Bertz CT molecular complexity index is 435. The van der Waals surface area contributed by atoms with Crippen molar-refractivity contribution in [1.29, 1.82) is 0 Å². The zero-order chi connectivity index (χ0) is 12.4. The van der Waals surface area contributed by atoms with Crippen molar-refractivity contribution >= 4 is 33.4 Å². The summed E-state index contributed by atoms with van der Waals surface area (Å²) in [7, 11) is 0. The molecule has 1 N–H and O–H groups in total. The van der Waals surface area contributed by atoms with Crippen molar-refractivity contribution < 1.29 is 4.79 Å². The molecule has 0 heterocycles. The molecule has 0 radical (unpaired) electrons. The lowest BCUT2D eigenvalue weighted by Crippen LogP contribution is -2.37. The number of aryl methyl sites for hydroxylation is 1. The van der Waals surface area contributed by atoms with Gasteiger partial charge in [-0.3, -0.25) is 4.79 Å². The van der Waals surface area contributed by atoms with E-state index in [1.807, 2.05) is 13.0 Å². The minimum atomic E-state index is -0.0265. The highest BCUT2D eigenvalue weighted by Gasteiger charge is 2.26. The Hall–Kier alpha value is -0.540. The molecule has 4 heteroatoms. The van der Waals surface area contributed by atoms with Crippen LogP contribution in [0.1, 0.15) is 35.2 Å². The molecule has 1 saturated carbocycles. The maximum Gasteiger partial charge on any atom is 0.251 e. The van der Waals surface area contributed by atoms with Gasteiger partial charge in [0.25, 0.3) is 5.91 Å². The van der Waals surface area contributed by atoms with Gasteiger partial charge in [-0.1, -0.05) is 40.0 Å². The van der Waals surface area contributed by atoms with Gasteiger partial charge >= 0.3 is 0 Å². The monoisotopic (exact) mass is 315 g/mol. The highest BCUT2D eigenvalue weighted by molar-refractivity contribution is 9.09. The first-order chi connectivity index (χ1) is 8.08. The van der Waals surface area contributed by atoms with Crippen molar-refractivity contribution in [2.75, 3.05) is 0 Å². The van der Waals surface area contributed by atoms with E-state index in [0.29, 0.717) is 15.4 Å². The minimum absolute atomic E-state index is 0.0265. The normalized spacial score (nSPS) is 23.7. The third-order valence-electron chi connectivity index (χ3n) is 3.19. The Balaban J connectivity index is 2.11. The van der Waals surface area contributed by atoms with Crippen LogP contribution in [-0.4, -0.2) is 16.8 Å². The fourth-order valence-electron chi connectivity index (χ4n) is 2.16. The van der Waals surface area contributed by atoms with Crippen LogP contribution in [0.25, 0.3) is 0 Å². The van der Waals surface area contributed by atoms with Crippen LogP contribution in [-0.2, 0) is 0 Å². The largest absolute Gasteiger partial charge is 0.348 e. The van der Waals surface area contributed by atoms with Crippen molar-refractivity contribution in [3.8, 4) is 0 Å². The van der Waals surface area contributed by atoms with Gasteiger partial charge in [0.05, 0.1) is 0 Å². The van der Waals surface area contributed by atoms with Gasteiger partial charge in [0.2, 0.25) is 0 Å². The molecular formula is C13H15BrClNO. The molecule has 1 amide bonds. The molecule has 0 aromatic heterocycles. The molecule has 1 aliphatic rings. The topological polar surface area (TPSA) is 29.1 Å². The summed E-state index contributed by atoms with van der Waals surface area (Å²) in [4.78, 5) is 12.5. The number of hydrogen-bond donors (Lipinski definition) is 1. The zero-order valence-electron chi connectivity index (χ0n) is 9.67. The molecule has 0 aliphatic heterocycles. The number of carbonyl (C=O) groups excluding carboxylic acids is 1. The smallest absolute Gasteiger partial charge is 0.251 e. The van der Waals surface area contributed by atoms with Gasteiger partial charge in [-0.15, -0.1) is 0 Å². The third kappa shape index (κ3) is 3.02. The van der Waals surface area contributed by atoms with E-state index in [0.717, 1.165) is 24.8 Å². The zero-order valence-corrected chi connectivity index (χ0v) is 12.0. The molecule has 1 fully saturated rings. The second-order valence-electron chi connectivity index (χ2n) is 4.49. The molecule has 92 valence electrons. The summed E-state index contributed by atoms with van der Waals surface area (Å²) in [5.41, 5.74) is 1.63. The SMILES string of the molecule is Cc1ccc(Cl)cc1C(=O)NC1CCCC1Br.